The van der Waals surface area contributed by atoms with Crippen molar-refractivity contribution in [3.8, 4) is 0 Å². The normalized spacial score (nSPS) is 20.4. The molecule has 0 aromatic carbocycles. The zero-order chi connectivity index (χ0) is 9.68. The van der Waals surface area contributed by atoms with Gasteiger partial charge in [0.1, 0.15) is 5.78 Å². The van der Waals surface area contributed by atoms with Gasteiger partial charge in [-0.15, -0.1) is 0 Å². The van der Waals surface area contributed by atoms with E-state index in [-0.39, 0.29) is 5.78 Å². The molecule has 3 heteroatoms. The van der Waals surface area contributed by atoms with Crippen LogP contribution in [-0.2, 0) is 15.6 Å². The Balaban J connectivity index is 2.13. The number of rotatable bonds is 5. The lowest BCUT2D eigenvalue weighted by Crippen LogP contribution is -2.12. The van der Waals surface area contributed by atoms with Gasteiger partial charge in [-0.05, 0) is 25.7 Å². The van der Waals surface area contributed by atoms with Crippen molar-refractivity contribution in [1.82, 2.24) is 0 Å². The minimum absolute atomic E-state index is 0.153. The van der Waals surface area contributed by atoms with Gasteiger partial charge in [0.05, 0.1) is 0 Å². The fraction of sp³-hybridized carbons (Fsp3) is 0.900. The number of carbonyl (C=O) groups is 1. The van der Waals surface area contributed by atoms with Crippen molar-refractivity contribution in [2.24, 2.45) is 5.92 Å². The van der Waals surface area contributed by atoms with Crippen LogP contribution in [0, 0.1) is 5.92 Å². The Morgan fingerprint density at radius 1 is 1.38 bits per heavy atom. The second-order valence-corrected chi connectivity index (χ2v) is 5.53. The second kappa shape index (κ2) is 5.53. The number of carbonyl (C=O) groups excluding carboxylic acids is 1. The molecular formula is C10H18O2S. The van der Waals surface area contributed by atoms with Crippen LogP contribution >= 0.6 is 0 Å². The first-order valence-electron chi connectivity index (χ1n) is 5.03. The average Bonchev–Trinajstić information content (AvgIpc) is 2.53. The molecule has 1 aliphatic rings. The van der Waals surface area contributed by atoms with Crippen molar-refractivity contribution >= 4 is 16.6 Å². The van der Waals surface area contributed by atoms with Gasteiger partial charge in [-0.25, -0.2) is 0 Å². The number of ketones is 1. The van der Waals surface area contributed by atoms with Crippen molar-refractivity contribution in [3.63, 3.8) is 0 Å². The van der Waals surface area contributed by atoms with Crippen LogP contribution in [0.3, 0.4) is 0 Å². The molecule has 0 aromatic heterocycles. The zero-order valence-electron chi connectivity index (χ0n) is 8.25. The highest BCUT2D eigenvalue weighted by Gasteiger charge is 2.17. The van der Waals surface area contributed by atoms with Gasteiger partial charge in [0.2, 0.25) is 0 Å². The molecule has 0 spiro atoms. The molecule has 1 unspecified atom stereocenters. The third-order valence-corrected chi connectivity index (χ3v) is 4.08. The third kappa shape index (κ3) is 4.55. The van der Waals surface area contributed by atoms with Crippen LogP contribution in [0.25, 0.3) is 0 Å². The summed E-state index contributed by atoms with van der Waals surface area (Å²) in [5, 5.41) is 0. The van der Waals surface area contributed by atoms with Crippen molar-refractivity contribution in [1.29, 1.82) is 0 Å². The van der Waals surface area contributed by atoms with Gasteiger partial charge in [0.15, 0.2) is 0 Å². The number of Topliss-reactive ketones (excluding diaryl/α,β-unsaturated/α-hetero) is 1. The molecule has 0 heterocycles. The Kier molecular flexibility index (Phi) is 4.64. The fourth-order valence-corrected chi connectivity index (χ4v) is 3.32. The molecule has 0 saturated heterocycles. The standard InChI is InChI=1S/C10H18O2S/c1-9(11)6-7-13(12)8-10-4-2-3-5-10/h10H,2-8H2,1H3. The summed E-state index contributed by atoms with van der Waals surface area (Å²) < 4.78 is 11.5. The highest BCUT2D eigenvalue weighted by molar-refractivity contribution is 7.85. The second-order valence-electron chi connectivity index (χ2n) is 3.91. The first-order chi connectivity index (χ1) is 6.18. The quantitative estimate of drug-likeness (QED) is 0.682. The van der Waals surface area contributed by atoms with Crippen molar-refractivity contribution in [3.05, 3.63) is 0 Å². The van der Waals surface area contributed by atoms with Crippen molar-refractivity contribution in [2.75, 3.05) is 11.5 Å². The topological polar surface area (TPSA) is 34.1 Å². The summed E-state index contributed by atoms with van der Waals surface area (Å²) >= 11 is 0. The molecule has 0 bridgehead atoms. The van der Waals surface area contributed by atoms with Crippen LogP contribution in [0.4, 0.5) is 0 Å². The molecule has 0 N–H and O–H groups in total. The molecule has 1 saturated carbocycles. The SMILES string of the molecule is CC(=O)CCS(=O)CC1CCCC1. The van der Waals surface area contributed by atoms with E-state index in [4.69, 9.17) is 0 Å². The van der Waals surface area contributed by atoms with Crippen molar-refractivity contribution < 1.29 is 9.00 Å². The van der Waals surface area contributed by atoms with Gasteiger partial charge in [0, 0.05) is 28.7 Å². The van der Waals surface area contributed by atoms with E-state index in [2.05, 4.69) is 0 Å². The Morgan fingerprint density at radius 3 is 2.54 bits per heavy atom. The molecule has 2 nitrogen and oxygen atoms in total. The predicted molar refractivity (Wildman–Crippen MR) is 55.1 cm³/mol. The maximum atomic E-state index is 11.5. The fourth-order valence-electron chi connectivity index (χ4n) is 1.78. The lowest BCUT2D eigenvalue weighted by molar-refractivity contribution is -0.116. The molecule has 1 fully saturated rings. The summed E-state index contributed by atoms with van der Waals surface area (Å²) in [6.45, 7) is 1.56. The van der Waals surface area contributed by atoms with Crippen LogP contribution in [0.15, 0.2) is 0 Å². The van der Waals surface area contributed by atoms with Gasteiger partial charge in [-0.3, -0.25) is 9.00 Å². The van der Waals surface area contributed by atoms with Gasteiger partial charge < -0.3 is 0 Å². The highest BCUT2D eigenvalue weighted by Crippen LogP contribution is 2.25. The molecule has 1 aliphatic carbocycles. The Bertz CT molecular complexity index is 195. The summed E-state index contributed by atoms with van der Waals surface area (Å²) in [6, 6.07) is 0. The lowest BCUT2D eigenvalue weighted by atomic mass is 10.1. The van der Waals surface area contributed by atoms with Crippen LogP contribution in [0.1, 0.15) is 39.0 Å². The lowest BCUT2D eigenvalue weighted by Gasteiger charge is -2.07. The molecular weight excluding hydrogens is 184 g/mol. The van der Waals surface area contributed by atoms with Crippen LogP contribution in [-0.4, -0.2) is 21.5 Å². The van der Waals surface area contributed by atoms with E-state index >= 15 is 0 Å². The van der Waals surface area contributed by atoms with Crippen molar-refractivity contribution in [2.45, 2.75) is 39.0 Å². The van der Waals surface area contributed by atoms with Crippen LogP contribution < -0.4 is 0 Å². The Hall–Kier alpha value is -0.180. The first kappa shape index (κ1) is 10.9. The van der Waals surface area contributed by atoms with Gasteiger partial charge in [-0.1, -0.05) is 12.8 Å². The summed E-state index contributed by atoms with van der Waals surface area (Å²) in [7, 11) is -0.751. The van der Waals surface area contributed by atoms with Gasteiger partial charge >= 0.3 is 0 Å². The minimum atomic E-state index is -0.751. The predicted octanol–water partition coefficient (Wildman–Crippen LogP) is 1.90. The molecule has 0 aliphatic heterocycles. The maximum absolute atomic E-state index is 11.5. The number of hydrogen-bond acceptors (Lipinski definition) is 2. The number of hydrogen-bond donors (Lipinski definition) is 0. The van der Waals surface area contributed by atoms with Crippen LogP contribution in [0.5, 0.6) is 0 Å². The Morgan fingerprint density at radius 2 is 2.00 bits per heavy atom. The summed E-state index contributed by atoms with van der Waals surface area (Å²) in [6.07, 6.45) is 5.57. The van der Waals surface area contributed by atoms with Gasteiger partial charge in [-0.2, -0.15) is 0 Å². The highest BCUT2D eigenvalue weighted by atomic mass is 32.2. The Labute approximate surface area is 82.6 Å². The maximum Gasteiger partial charge on any atom is 0.130 e. The largest absolute Gasteiger partial charge is 0.300 e. The van der Waals surface area contributed by atoms with Crippen LogP contribution in [0.2, 0.25) is 0 Å². The zero-order valence-corrected chi connectivity index (χ0v) is 9.07. The molecule has 1 atom stereocenters. The molecule has 0 radical (unpaired) electrons. The van der Waals surface area contributed by atoms with Gasteiger partial charge in [0.25, 0.3) is 0 Å². The molecule has 13 heavy (non-hydrogen) atoms. The smallest absolute Gasteiger partial charge is 0.130 e. The van der Waals surface area contributed by atoms with E-state index in [1.165, 1.54) is 25.7 Å². The molecule has 1 rings (SSSR count). The van der Waals surface area contributed by atoms with E-state index < -0.39 is 10.8 Å². The monoisotopic (exact) mass is 202 g/mol. The summed E-state index contributed by atoms with van der Waals surface area (Å²) in [4.78, 5) is 10.7. The van der Waals surface area contributed by atoms with E-state index in [9.17, 15) is 9.00 Å². The van der Waals surface area contributed by atoms with E-state index in [1.54, 1.807) is 6.92 Å². The molecule has 76 valence electrons. The summed E-state index contributed by atoms with van der Waals surface area (Å²) in [5.74, 6) is 2.23. The summed E-state index contributed by atoms with van der Waals surface area (Å²) in [5.41, 5.74) is 0. The van der Waals surface area contributed by atoms with E-state index in [0.29, 0.717) is 18.1 Å². The average molecular weight is 202 g/mol. The molecule has 0 aromatic rings. The molecule has 0 amide bonds. The third-order valence-electron chi connectivity index (χ3n) is 2.58. The van der Waals surface area contributed by atoms with E-state index in [1.807, 2.05) is 0 Å². The minimum Gasteiger partial charge on any atom is -0.300 e. The van der Waals surface area contributed by atoms with E-state index in [0.717, 1.165) is 5.75 Å². The first-order valence-corrected chi connectivity index (χ1v) is 6.51.